The minimum absolute atomic E-state index is 0.155. The largest absolute Gasteiger partial charge is 0.435 e. The molecule has 0 radical (unpaired) electrons. The van der Waals surface area contributed by atoms with E-state index in [-0.39, 0.29) is 11.8 Å². The summed E-state index contributed by atoms with van der Waals surface area (Å²) in [7, 11) is 0. The van der Waals surface area contributed by atoms with Crippen LogP contribution in [0.4, 0.5) is 8.78 Å². The third-order valence-corrected chi connectivity index (χ3v) is 3.58. The van der Waals surface area contributed by atoms with Gasteiger partial charge in [-0.15, -0.1) is 0 Å². The van der Waals surface area contributed by atoms with Gasteiger partial charge in [0.25, 0.3) is 0 Å². The van der Waals surface area contributed by atoms with Crippen molar-refractivity contribution in [2.75, 3.05) is 6.61 Å². The Labute approximate surface area is 118 Å². The van der Waals surface area contributed by atoms with E-state index in [0.717, 1.165) is 44.3 Å². The van der Waals surface area contributed by atoms with E-state index < -0.39 is 6.61 Å². The maximum atomic E-state index is 12.2. The number of benzene rings is 1. The molecule has 2 N–H and O–H groups in total. The van der Waals surface area contributed by atoms with Gasteiger partial charge >= 0.3 is 6.61 Å². The second-order valence-corrected chi connectivity index (χ2v) is 5.12. The monoisotopic (exact) mass is 285 g/mol. The number of nitrogens with two attached hydrogens (primary N) is 1. The number of hydrogen-bond donors (Lipinski definition) is 1. The molecule has 0 saturated carbocycles. The summed E-state index contributed by atoms with van der Waals surface area (Å²) < 4.78 is 34.3. The van der Waals surface area contributed by atoms with Crippen LogP contribution in [0.15, 0.2) is 24.3 Å². The molecule has 0 bridgehead atoms. The summed E-state index contributed by atoms with van der Waals surface area (Å²) in [6.07, 6.45) is 5.46. The average Bonchev–Trinajstić information content (AvgIpc) is 2.91. The minimum atomic E-state index is -2.80. The van der Waals surface area contributed by atoms with E-state index in [1.54, 1.807) is 12.1 Å². The van der Waals surface area contributed by atoms with Crippen LogP contribution in [0.25, 0.3) is 0 Å². The van der Waals surface area contributed by atoms with Gasteiger partial charge in [-0.2, -0.15) is 8.78 Å². The highest BCUT2D eigenvalue weighted by Crippen LogP contribution is 2.24. The van der Waals surface area contributed by atoms with Crippen LogP contribution in [0.1, 0.15) is 43.7 Å². The molecule has 112 valence electrons. The van der Waals surface area contributed by atoms with Crippen molar-refractivity contribution >= 4 is 0 Å². The van der Waals surface area contributed by atoms with Crippen LogP contribution < -0.4 is 10.5 Å². The van der Waals surface area contributed by atoms with E-state index in [0.29, 0.717) is 6.10 Å². The molecule has 0 aliphatic carbocycles. The van der Waals surface area contributed by atoms with Crippen molar-refractivity contribution in [1.29, 1.82) is 0 Å². The average molecular weight is 285 g/mol. The zero-order valence-corrected chi connectivity index (χ0v) is 11.4. The third kappa shape index (κ3) is 4.72. The van der Waals surface area contributed by atoms with Crippen molar-refractivity contribution in [3.63, 3.8) is 0 Å². The van der Waals surface area contributed by atoms with Crippen molar-refractivity contribution < 1.29 is 18.3 Å². The first-order valence-corrected chi connectivity index (χ1v) is 7.07. The van der Waals surface area contributed by atoms with Crippen LogP contribution in [-0.4, -0.2) is 19.3 Å². The molecule has 1 aromatic carbocycles. The summed E-state index contributed by atoms with van der Waals surface area (Å²) in [5, 5.41) is 0. The number of rotatable bonds is 7. The van der Waals surface area contributed by atoms with Gasteiger partial charge in [-0.05, 0) is 49.8 Å². The smallest absolute Gasteiger partial charge is 0.387 e. The molecule has 2 rings (SSSR count). The maximum Gasteiger partial charge on any atom is 0.387 e. The molecule has 1 aliphatic rings. The third-order valence-electron chi connectivity index (χ3n) is 3.58. The molecular formula is C15H21F2NO2. The normalized spacial score (nSPS) is 20.3. The molecule has 0 amide bonds. The Morgan fingerprint density at radius 2 is 2.25 bits per heavy atom. The molecule has 0 spiro atoms. The van der Waals surface area contributed by atoms with E-state index in [9.17, 15) is 8.78 Å². The lowest BCUT2D eigenvalue weighted by atomic mass is 10.00. The van der Waals surface area contributed by atoms with Gasteiger partial charge in [0, 0.05) is 12.6 Å². The second-order valence-electron chi connectivity index (χ2n) is 5.12. The summed E-state index contributed by atoms with van der Waals surface area (Å²) in [6.45, 7) is -1.94. The van der Waals surface area contributed by atoms with Gasteiger partial charge in [0.1, 0.15) is 5.75 Å². The molecule has 1 heterocycles. The Hall–Kier alpha value is -1.20. The fraction of sp³-hybridized carbons (Fsp3) is 0.600. The van der Waals surface area contributed by atoms with Gasteiger partial charge in [0.15, 0.2) is 0 Å². The standard InChI is InChI=1S/C15H21F2NO2/c16-15(17)20-13-6-1-4-11(10-13)14(18)8-2-5-12-7-3-9-19-12/h1,4,6,10,12,14-15H,2-3,5,7-9,18H2. The van der Waals surface area contributed by atoms with Crippen molar-refractivity contribution in [3.05, 3.63) is 29.8 Å². The predicted octanol–water partition coefficient (Wildman–Crippen LogP) is 3.64. The van der Waals surface area contributed by atoms with E-state index in [4.69, 9.17) is 10.5 Å². The van der Waals surface area contributed by atoms with Crippen LogP contribution in [0, 0.1) is 0 Å². The zero-order valence-electron chi connectivity index (χ0n) is 11.4. The molecule has 0 aromatic heterocycles. The van der Waals surface area contributed by atoms with Crippen LogP contribution in [0.5, 0.6) is 5.75 Å². The van der Waals surface area contributed by atoms with Crippen molar-refractivity contribution in [2.45, 2.75) is 50.9 Å². The molecule has 3 nitrogen and oxygen atoms in total. The van der Waals surface area contributed by atoms with Crippen LogP contribution in [-0.2, 0) is 4.74 Å². The molecular weight excluding hydrogens is 264 g/mol. The summed E-state index contributed by atoms with van der Waals surface area (Å²) in [5.41, 5.74) is 6.92. The number of hydrogen-bond acceptors (Lipinski definition) is 3. The van der Waals surface area contributed by atoms with E-state index in [1.165, 1.54) is 6.07 Å². The Balaban J connectivity index is 1.80. The van der Waals surface area contributed by atoms with Crippen LogP contribution in [0.3, 0.4) is 0 Å². The molecule has 1 aliphatic heterocycles. The molecule has 1 fully saturated rings. The number of ether oxygens (including phenoxy) is 2. The molecule has 2 unspecified atom stereocenters. The van der Waals surface area contributed by atoms with Gasteiger partial charge in [0.05, 0.1) is 6.10 Å². The Morgan fingerprint density at radius 1 is 1.40 bits per heavy atom. The van der Waals surface area contributed by atoms with Gasteiger partial charge < -0.3 is 15.2 Å². The number of halogens is 2. The first-order valence-electron chi connectivity index (χ1n) is 7.07. The highest BCUT2D eigenvalue weighted by molar-refractivity contribution is 5.30. The quantitative estimate of drug-likeness (QED) is 0.832. The first-order chi connectivity index (χ1) is 9.65. The van der Waals surface area contributed by atoms with Gasteiger partial charge in [-0.25, -0.2) is 0 Å². The Kier molecular flexibility index (Phi) is 5.73. The molecule has 20 heavy (non-hydrogen) atoms. The Morgan fingerprint density at radius 3 is 2.95 bits per heavy atom. The topological polar surface area (TPSA) is 44.5 Å². The molecule has 1 aromatic rings. The van der Waals surface area contributed by atoms with E-state index >= 15 is 0 Å². The lowest BCUT2D eigenvalue weighted by molar-refractivity contribution is -0.0499. The van der Waals surface area contributed by atoms with Gasteiger partial charge in [0.2, 0.25) is 0 Å². The summed E-state index contributed by atoms with van der Waals surface area (Å²) >= 11 is 0. The van der Waals surface area contributed by atoms with Gasteiger partial charge in [-0.3, -0.25) is 0 Å². The zero-order chi connectivity index (χ0) is 14.4. The summed E-state index contributed by atoms with van der Waals surface area (Å²) in [6, 6.07) is 6.47. The minimum Gasteiger partial charge on any atom is -0.435 e. The Bertz CT molecular complexity index is 409. The SMILES string of the molecule is NC(CCCC1CCCO1)c1cccc(OC(F)F)c1. The highest BCUT2D eigenvalue weighted by Gasteiger charge is 2.16. The fourth-order valence-electron chi connectivity index (χ4n) is 2.53. The predicted molar refractivity (Wildman–Crippen MR) is 72.8 cm³/mol. The molecule has 2 atom stereocenters. The van der Waals surface area contributed by atoms with Crippen molar-refractivity contribution in [1.82, 2.24) is 0 Å². The van der Waals surface area contributed by atoms with Crippen LogP contribution >= 0.6 is 0 Å². The molecule has 1 saturated heterocycles. The van der Waals surface area contributed by atoms with Crippen molar-refractivity contribution in [2.24, 2.45) is 5.73 Å². The summed E-state index contributed by atoms with van der Waals surface area (Å²) in [5.74, 6) is 0.159. The van der Waals surface area contributed by atoms with Crippen LogP contribution in [0.2, 0.25) is 0 Å². The molecule has 5 heteroatoms. The van der Waals surface area contributed by atoms with Gasteiger partial charge in [-0.1, -0.05) is 12.1 Å². The first kappa shape index (κ1) is 15.2. The highest BCUT2D eigenvalue weighted by atomic mass is 19.3. The number of alkyl halides is 2. The van der Waals surface area contributed by atoms with Crippen molar-refractivity contribution in [3.8, 4) is 5.75 Å². The van der Waals surface area contributed by atoms with E-state index in [1.807, 2.05) is 6.07 Å². The lowest BCUT2D eigenvalue weighted by Gasteiger charge is -2.15. The second kappa shape index (κ2) is 7.55. The maximum absolute atomic E-state index is 12.2. The fourth-order valence-corrected chi connectivity index (χ4v) is 2.53. The lowest BCUT2D eigenvalue weighted by Crippen LogP contribution is -2.12. The summed E-state index contributed by atoms with van der Waals surface area (Å²) in [4.78, 5) is 0. The van der Waals surface area contributed by atoms with E-state index in [2.05, 4.69) is 4.74 Å².